The maximum atomic E-state index is 11.9. The van der Waals surface area contributed by atoms with Crippen molar-refractivity contribution in [2.45, 2.75) is 38.4 Å². The molecule has 19 heavy (non-hydrogen) atoms. The van der Waals surface area contributed by atoms with Crippen molar-refractivity contribution in [2.75, 3.05) is 6.54 Å². The van der Waals surface area contributed by atoms with Crippen molar-refractivity contribution >= 4 is 11.8 Å². The van der Waals surface area contributed by atoms with Gasteiger partial charge in [0.2, 0.25) is 11.8 Å². The minimum Gasteiger partial charge on any atom is -0.467 e. The Labute approximate surface area is 111 Å². The summed E-state index contributed by atoms with van der Waals surface area (Å²) < 4.78 is 5.13. The lowest BCUT2D eigenvalue weighted by molar-refractivity contribution is -0.126. The van der Waals surface area contributed by atoms with Gasteiger partial charge in [-0.05, 0) is 31.9 Å². The fraction of sp³-hybridized carbons (Fsp3) is 0.538. The Balaban J connectivity index is 1.77. The fourth-order valence-corrected chi connectivity index (χ4v) is 2.05. The van der Waals surface area contributed by atoms with E-state index in [9.17, 15) is 9.59 Å². The summed E-state index contributed by atoms with van der Waals surface area (Å²) in [5, 5.41) is 8.59. The zero-order valence-electron chi connectivity index (χ0n) is 10.9. The third kappa shape index (κ3) is 3.82. The van der Waals surface area contributed by atoms with Crippen LogP contribution < -0.4 is 16.0 Å². The summed E-state index contributed by atoms with van der Waals surface area (Å²) in [6, 6.07) is 2.88. The fourth-order valence-electron chi connectivity index (χ4n) is 2.05. The van der Waals surface area contributed by atoms with E-state index in [1.807, 2.05) is 0 Å². The predicted octanol–water partition coefficient (Wildman–Crippen LogP) is 0.153. The lowest BCUT2D eigenvalue weighted by Crippen LogP contribution is -2.54. The first-order valence-electron chi connectivity index (χ1n) is 6.50. The van der Waals surface area contributed by atoms with Crippen LogP contribution >= 0.6 is 0 Å². The lowest BCUT2D eigenvalue weighted by Gasteiger charge is -2.25. The first-order valence-corrected chi connectivity index (χ1v) is 6.50. The van der Waals surface area contributed by atoms with Crippen LogP contribution in [-0.4, -0.2) is 30.4 Å². The topological polar surface area (TPSA) is 83.4 Å². The number of hydrogen-bond acceptors (Lipinski definition) is 4. The molecular weight excluding hydrogens is 246 g/mol. The maximum Gasteiger partial charge on any atom is 0.237 e. The third-order valence-electron chi connectivity index (χ3n) is 3.15. The average molecular weight is 265 g/mol. The Bertz CT molecular complexity index is 430. The van der Waals surface area contributed by atoms with Gasteiger partial charge in [0.1, 0.15) is 5.76 Å². The van der Waals surface area contributed by atoms with Gasteiger partial charge in [0.15, 0.2) is 0 Å². The van der Waals surface area contributed by atoms with Gasteiger partial charge in [-0.15, -0.1) is 0 Å². The Kier molecular flexibility index (Phi) is 4.57. The molecule has 1 aromatic rings. The second-order valence-electron chi connectivity index (χ2n) is 4.67. The third-order valence-corrected chi connectivity index (χ3v) is 3.15. The Morgan fingerprint density at radius 3 is 3.16 bits per heavy atom. The zero-order chi connectivity index (χ0) is 13.7. The molecule has 0 aliphatic carbocycles. The number of carbonyl (C=O) groups is 2. The molecule has 0 radical (unpaired) electrons. The van der Waals surface area contributed by atoms with Crippen LogP contribution in [0.2, 0.25) is 0 Å². The molecule has 0 bridgehead atoms. The minimum atomic E-state index is -0.413. The largest absolute Gasteiger partial charge is 0.467 e. The van der Waals surface area contributed by atoms with Crippen LogP contribution in [0.25, 0.3) is 0 Å². The molecule has 1 aliphatic heterocycles. The number of hydrogen-bond donors (Lipinski definition) is 3. The van der Waals surface area contributed by atoms with Crippen molar-refractivity contribution in [2.24, 2.45) is 0 Å². The van der Waals surface area contributed by atoms with Crippen LogP contribution in [0.4, 0.5) is 0 Å². The van der Waals surface area contributed by atoms with E-state index in [0.717, 1.165) is 19.4 Å². The van der Waals surface area contributed by atoms with Gasteiger partial charge in [0, 0.05) is 6.54 Å². The first-order chi connectivity index (χ1) is 9.16. The van der Waals surface area contributed by atoms with E-state index in [4.69, 9.17) is 4.42 Å². The van der Waals surface area contributed by atoms with Gasteiger partial charge in [-0.1, -0.05) is 0 Å². The van der Waals surface area contributed by atoms with Crippen molar-refractivity contribution in [3.05, 3.63) is 24.2 Å². The molecule has 6 nitrogen and oxygen atoms in total. The van der Waals surface area contributed by atoms with Crippen LogP contribution in [0.5, 0.6) is 0 Å². The van der Waals surface area contributed by atoms with Crippen molar-refractivity contribution in [3.8, 4) is 0 Å². The smallest absolute Gasteiger partial charge is 0.237 e. The quantitative estimate of drug-likeness (QED) is 0.708. The molecule has 0 spiro atoms. The molecule has 2 heterocycles. The van der Waals surface area contributed by atoms with E-state index < -0.39 is 6.04 Å². The zero-order valence-corrected chi connectivity index (χ0v) is 10.9. The maximum absolute atomic E-state index is 11.9. The second-order valence-corrected chi connectivity index (χ2v) is 4.67. The summed E-state index contributed by atoms with van der Waals surface area (Å²) in [7, 11) is 0. The summed E-state index contributed by atoms with van der Waals surface area (Å²) in [5.74, 6) is 0.530. The molecule has 0 saturated carbocycles. The Morgan fingerprint density at radius 1 is 1.63 bits per heavy atom. The molecule has 104 valence electrons. The highest BCUT2D eigenvalue weighted by Crippen LogP contribution is 2.04. The van der Waals surface area contributed by atoms with E-state index >= 15 is 0 Å². The van der Waals surface area contributed by atoms with Crippen molar-refractivity contribution in [3.63, 3.8) is 0 Å². The van der Waals surface area contributed by atoms with Crippen LogP contribution in [0.15, 0.2) is 22.8 Å². The second kappa shape index (κ2) is 6.38. The van der Waals surface area contributed by atoms with E-state index in [1.54, 1.807) is 25.3 Å². The highest BCUT2D eigenvalue weighted by molar-refractivity contribution is 5.85. The predicted molar refractivity (Wildman–Crippen MR) is 69.2 cm³/mol. The SMILES string of the molecule is CC(NC1CCCNC1=O)C(=O)NCc1ccco1. The van der Waals surface area contributed by atoms with Crippen LogP contribution in [-0.2, 0) is 16.1 Å². The molecule has 1 saturated heterocycles. The summed E-state index contributed by atoms with van der Waals surface area (Å²) >= 11 is 0. The van der Waals surface area contributed by atoms with Gasteiger partial charge in [-0.3, -0.25) is 14.9 Å². The van der Waals surface area contributed by atoms with Gasteiger partial charge in [0.05, 0.1) is 24.9 Å². The average Bonchev–Trinajstić information content (AvgIpc) is 2.91. The van der Waals surface area contributed by atoms with Crippen LogP contribution in [0, 0.1) is 0 Å². The minimum absolute atomic E-state index is 0.0306. The summed E-state index contributed by atoms with van der Waals surface area (Å²) in [5.41, 5.74) is 0. The van der Waals surface area contributed by atoms with Gasteiger partial charge in [0.25, 0.3) is 0 Å². The molecule has 2 unspecified atom stereocenters. The van der Waals surface area contributed by atoms with Crippen LogP contribution in [0.3, 0.4) is 0 Å². The number of furan rings is 1. The van der Waals surface area contributed by atoms with Gasteiger partial charge < -0.3 is 15.1 Å². The number of rotatable bonds is 5. The highest BCUT2D eigenvalue weighted by Gasteiger charge is 2.25. The highest BCUT2D eigenvalue weighted by atomic mass is 16.3. The van der Waals surface area contributed by atoms with Crippen molar-refractivity contribution < 1.29 is 14.0 Å². The first kappa shape index (κ1) is 13.6. The number of nitrogens with one attached hydrogen (secondary N) is 3. The van der Waals surface area contributed by atoms with Crippen molar-refractivity contribution in [1.29, 1.82) is 0 Å². The molecule has 2 amide bonds. The van der Waals surface area contributed by atoms with E-state index in [2.05, 4.69) is 16.0 Å². The molecule has 0 aromatic carbocycles. The van der Waals surface area contributed by atoms with Gasteiger partial charge >= 0.3 is 0 Å². The Morgan fingerprint density at radius 2 is 2.47 bits per heavy atom. The molecule has 2 rings (SSSR count). The number of carbonyl (C=O) groups excluding carboxylic acids is 2. The summed E-state index contributed by atoms with van der Waals surface area (Å²) in [6.07, 6.45) is 3.27. The standard InChI is InChI=1S/C13H19N3O3/c1-9(16-11-5-2-6-14-13(11)18)12(17)15-8-10-4-3-7-19-10/h3-4,7,9,11,16H,2,5-6,8H2,1H3,(H,14,18)(H,15,17). The van der Waals surface area contributed by atoms with E-state index in [-0.39, 0.29) is 17.9 Å². The summed E-state index contributed by atoms with van der Waals surface area (Å²) in [6.45, 7) is 2.82. The number of piperidine rings is 1. The molecule has 1 aliphatic rings. The molecule has 1 fully saturated rings. The molecule has 1 aromatic heterocycles. The molecule has 3 N–H and O–H groups in total. The molecule has 6 heteroatoms. The van der Waals surface area contributed by atoms with Crippen LogP contribution in [0.1, 0.15) is 25.5 Å². The molecular formula is C13H19N3O3. The Hall–Kier alpha value is -1.82. The van der Waals surface area contributed by atoms with E-state index in [1.165, 1.54) is 0 Å². The van der Waals surface area contributed by atoms with Crippen molar-refractivity contribution in [1.82, 2.24) is 16.0 Å². The molecule has 2 atom stereocenters. The summed E-state index contributed by atoms with van der Waals surface area (Å²) in [4.78, 5) is 23.4. The van der Waals surface area contributed by atoms with Gasteiger partial charge in [-0.25, -0.2) is 0 Å². The lowest BCUT2D eigenvalue weighted by atomic mass is 10.1. The normalized spacial score (nSPS) is 20.7. The van der Waals surface area contributed by atoms with Gasteiger partial charge in [-0.2, -0.15) is 0 Å². The monoisotopic (exact) mass is 265 g/mol. The van der Waals surface area contributed by atoms with E-state index in [0.29, 0.717) is 12.3 Å². The number of amides is 2.